The third-order valence-electron chi connectivity index (χ3n) is 3.85. The largest absolute Gasteiger partial charge is 0.381 e. The second-order valence-electron chi connectivity index (χ2n) is 5.57. The van der Waals surface area contributed by atoms with Crippen LogP contribution in [0.1, 0.15) is 11.4 Å². The van der Waals surface area contributed by atoms with Gasteiger partial charge in [0.2, 0.25) is 5.95 Å². The van der Waals surface area contributed by atoms with E-state index in [9.17, 15) is 0 Å². The van der Waals surface area contributed by atoms with Crippen LogP contribution in [0.4, 0.5) is 17.5 Å². The van der Waals surface area contributed by atoms with Gasteiger partial charge in [0.05, 0.1) is 30.3 Å². The predicted molar refractivity (Wildman–Crippen MR) is 89.1 cm³/mol. The molecule has 0 aliphatic carbocycles. The molecule has 9 nitrogen and oxygen atoms in total. The number of imidazole rings is 1. The van der Waals surface area contributed by atoms with E-state index in [1.807, 2.05) is 13.0 Å². The lowest BCUT2D eigenvalue weighted by atomic mass is 10.2. The number of aromatic nitrogens is 4. The number of ether oxygens (including phenoxy) is 1. The fourth-order valence-corrected chi connectivity index (χ4v) is 2.41. The van der Waals surface area contributed by atoms with Crippen molar-refractivity contribution in [1.29, 1.82) is 5.26 Å². The summed E-state index contributed by atoms with van der Waals surface area (Å²) >= 11 is 0. The molecule has 0 spiro atoms. The highest BCUT2D eigenvalue weighted by atomic mass is 16.5. The van der Waals surface area contributed by atoms with Crippen molar-refractivity contribution in [3.63, 3.8) is 0 Å². The van der Waals surface area contributed by atoms with Crippen LogP contribution in [0.5, 0.6) is 0 Å². The Morgan fingerprint density at radius 2 is 2.38 bits per heavy atom. The molecule has 2 aromatic heterocycles. The summed E-state index contributed by atoms with van der Waals surface area (Å²) in [7, 11) is 1.77. The Balaban J connectivity index is 1.68. The molecule has 0 bridgehead atoms. The van der Waals surface area contributed by atoms with Crippen LogP contribution in [-0.4, -0.2) is 52.1 Å². The molecule has 24 heavy (non-hydrogen) atoms. The molecule has 3 heterocycles. The first-order chi connectivity index (χ1) is 11.7. The van der Waals surface area contributed by atoms with E-state index in [1.54, 1.807) is 11.6 Å². The number of morpholine rings is 1. The molecular formula is C15H20N8O. The van der Waals surface area contributed by atoms with Gasteiger partial charge in [-0.2, -0.15) is 10.4 Å². The standard InChI is InChI=1S/C15H20N8O/c1-10-13(18-9-12-8-17-3-4-24-12)5-14(22-21-10)20-15-19-7-11(6-16)23(15)2/h5,7,12,17H,3-4,8-9H2,1-2H3,(H2,18,19,20,22). The molecule has 0 saturated carbocycles. The summed E-state index contributed by atoms with van der Waals surface area (Å²) in [5.74, 6) is 1.10. The quantitative estimate of drug-likeness (QED) is 0.729. The van der Waals surface area contributed by atoms with Crippen molar-refractivity contribution in [1.82, 2.24) is 25.1 Å². The number of nitrogens with zero attached hydrogens (tertiary/aromatic N) is 5. The molecule has 3 rings (SSSR count). The molecule has 0 amide bonds. The average Bonchev–Trinajstić information content (AvgIpc) is 2.96. The van der Waals surface area contributed by atoms with Crippen molar-refractivity contribution in [2.75, 3.05) is 36.9 Å². The van der Waals surface area contributed by atoms with Crippen LogP contribution in [0.3, 0.4) is 0 Å². The van der Waals surface area contributed by atoms with Crippen molar-refractivity contribution < 1.29 is 4.74 Å². The maximum Gasteiger partial charge on any atom is 0.209 e. The first kappa shape index (κ1) is 16.2. The minimum Gasteiger partial charge on any atom is -0.381 e. The SMILES string of the molecule is Cc1nnc(Nc2ncc(C#N)n2C)cc1NCC1CNCCO1. The van der Waals surface area contributed by atoms with Crippen LogP contribution in [-0.2, 0) is 11.8 Å². The van der Waals surface area contributed by atoms with Gasteiger partial charge in [-0.3, -0.25) is 0 Å². The summed E-state index contributed by atoms with van der Waals surface area (Å²) in [6.07, 6.45) is 1.65. The summed E-state index contributed by atoms with van der Waals surface area (Å²) in [6.45, 7) is 5.05. The van der Waals surface area contributed by atoms with Crippen molar-refractivity contribution in [3.05, 3.63) is 23.7 Å². The maximum absolute atomic E-state index is 8.98. The van der Waals surface area contributed by atoms with Gasteiger partial charge in [0.1, 0.15) is 11.8 Å². The number of nitriles is 1. The zero-order chi connectivity index (χ0) is 16.9. The Labute approximate surface area is 140 Å². The zero-order valence-corrected chi connectivity index (χ0v) is 13.7. The fraction of sp³-hybridized carbons (Fsp3) is 0.467. The van der Waals surface area contributed by atoms with Gasteiger partial charge in [0.25, 0.3) is 0 Å². The van der Waals surface area contributed by atoms with Gasteiger partial charge in [-0.25, -0.2) is 4.98 Å². The van der Waals surface area contributed by atoms with Crippen LogP contribution in [0.25, 0.3) is 0 Å². The summed E-state index contributed by atoms with van der Waals surface area (Å²) in [6, 6.07) is 3.95. The Morgan fingerprint density at radius 3 is 3.08 bits per heavy atom. The zero-order valence-electron chi connectivity index (χ0n) is 13.7. The highest BCUT2D eigenvalue weighted by Crippen LogP contribution is 2.19. The molecule has 1 saturated heterocycles. The van der Waals surface area contributed by atoms with Crippen LogP contribution in [0.15, 0.2) is 12.3 Å². The Morgan fingerprint density at radius 1 is 1.50 bits per heavy atom. The number of hydrogen-bond donors (Lipinski definition) is 3. The summed E-state index contributed by atoms with van der Waals surface area (Å²) in [5.41, 5.74) is 2.16. The van der Waals surface area contributed by atoms with Crippen molar-refractivity contribution in [2.45, 2.75) is 13.0 Å². The third kappa shape index (κ3) is 3.61. The smallest absolute Gasteiger partial charge is 0.209 e. The number of hydrogen-bond acceptors (Lipinski definition) is 8. The minimum absolute atomic E-state index is 0.135. The van der Waals surface area contributed by atoms with Gasteiger partial charge in [-0.15, -0.1) is 5.10 Å². The molecule has 2 aromatic rings. The van der Waals surface area contributed by atoms with E-state index in [-0.39, 0.29) is 6.10 Å². The molecule has 1 aliphatic rings. The van der Waals surface area contributed by atoms with E-state index >= 15 is 0 Å². The van der Waals surface area contributed by atoms with E-state index < -0.39 is 0 Å². The van der Waals surface area contributed by atoms with Crippen LogP contribution in [0, 0.1) is 18.3 Å². The monoisotopic (exact) mass is 328 g/mol. The maximum atomic E-state index is 8.98. The van der Waals surface area contributed by atoms with Gasteiger partial charge >= 0.3 is 0 Å². The van der Waals surface area contributed by atoms with E-state index in [2.05, 4.69) is 37.2 Å². The van der Waals surface area contributed by atoms with E-state index in [0.717, 1.165) is 31.1 Å². The molecule has 1 aliphatic heterocycles. The number of aryl methyl sites for hydroxylation is 1. The molecule has 0 aromatic carbocycles. The van der Waals surface area contributed by atoms with Crippen LogP contribution in [0.2, 0.25) is 0 Å². The van der Waals surface area contributed by atoms with Crippen LogP contribution >= 0.6 is 0 Å². The minimum atomic E-state index is 0.135. The normalized spacial score (nSPS) is 17.3. The van der Waals surface area contributed by atoms with Crippen LogP contribution < -0.4 is 16.0 Å². The second kappa shape index (κ2) is 7.25. The van der Waals surface area contributed by atoms with Crippen molar-refractivity contribution in [2.24, 2.45) is 7.05 Å². The summed E-state index contributed by atoms with van der Waals surface area (Å²) in [4.78, 5) is 4.17. The Kier molecular flexibility index (Phi) is 4.88. The molecule has 9 heteroatoms. The third-order valence-corrected chi connectivity index (χ3v) is 3.85. The molecule has 126 valence electrons. The highest BCUT2D eigenvalue weighted by molar-refractivity contribution is 5.58. The summed E-state index contributed by atoms with van der Waals surface area (Å²) < 4.78 is 7.34. The van der Waals surface area contributed by atoms with Crippen molar-refractivity contribution >= 4 is 17.5 Å². The number of rotatable bonds is 5. The van der Waals surface area contributed by atoms with Gasteiger partial charge in [0, 0.05) is 32.7 Å². The first-order valence-electron chi connectivity index (χ1n) is 7.76. The Hall–Kier alpha value is -2.70. The van der Waals surface area contributed by atoms with E-state index in [1.165, 1.54) is 6.20 Å². The predicted octanol–water partition coefficient (Wildman–Crippen LogP) is 0.534. The highest BCUT2D eigenvalue weighted by Gasteiger charge is 2.14. The van der Waals surface area contributed by atoms with E-state index in [4.69, 9.17) is 10.00 Å². The van der Waals surface area contributed by atoms with Gasteiger partial charge < -0.3 is 25.3 Å². The lowest BCUT2D eigenvalue weighted by molar-refractivity contribution is 0.0372. The average molecular weight is 328 g/mol. The van der Waals surface area contributed by atoms with E-state index in [0.29, 0.717) is 24.0 Å². The van der Waals surface area contributed by atoms with Crippen molar-refractivity contribution in [3.8, 4) is 6.07 Å². The molecule has 1 unspecified atom stereocenters. The van der Waals surface area contributed by atoms with Gasteiger partial charge in [-0.05, 0) is 6.92 Å². The molecular weight excluding hydrogens is 308 g/mol. The lowest BCUT2D eigenvalue weighted by Gasteiger charge is -2.24. The molecule has 1 atom stereocenters. The second-order valence-corrected chi connectivity index (χ2v) is 5.57. The first-order valence-corrected chi connectivity index (χ1v) is 7.76. The fourth-order valence-electron chi connectivity index (χ4n) is 2.41. The molecule has 1 fully saturated rings. The lowest BCUT2D eigenvalue weighted by Crippen LogP contribution is -2.42. The topological polar surface area (TPSA) is 113 Å². The Bertz CT molecular complexity index is 744. The summed E-state index contributed by atoms with van der Waals surface area (Å²) in [5, 5.41) is 27.0. The number of anilines is 3. The molecule has 3 N–H and O–H groups in total. The van der Waals surface area contributed by atoms with Gasteiger partial charge in [0.15, 0.2) is 5.82 Å². The molecule has 0 radical (unpaired) electrons. The van der Waals surface area contributed by atoms with Gasteiger partial charge in [-0.1, -0.05) is 0 Å². The number of nitrogens with one attached hydrogen (secondary N) is 3.